The summed E-state index contributed by atoms with van der Waals surface area (Å²) >= 11 is 3.21. The molecule has 5 nitrogen and oxygen atoms in total. The second-order valence-electron chi connectivity index (χ2n) is 6.63. The summed E-state index contributed by atoms with van der Waals surface area (Å²) in [7, 11) is 0. The highest BCUT2D eigenvalue weighted by Gasteiger charge is 2.19. The maximum Gasteiger partial charge on any atom is 0.233 e. The zero-order valence-corrected chi connectivity index (χ0v) is 17.4. The summed E-state index contributed by atoms with van der Waals surface area (Å²) in [6.07, 6.45) is 5.30. The van der Waals surface area contributed by atoms with Crippen LogP contribution in [-0.4, -0.2) is 44.4 Å². The SMILES string of the molecule is C=CCn1c(CSc2ccc(C)cc2)nnc1SCC(=O)N1CCCCC1. The van der Waals surface area contributed by atoms with E-state index in [0.29, 0.717) is 12.3 Å². The molecule has 0 atom stereocenters. The summed E-state index contributed by atoms with van der Waals surface area (Å²) < 4.78 is 2.06. The van der Waals surface area contributed by atoms with Crippen LogP contribution in [0.25, 0.3) is 0 Å². The molecule has 1 aliphatic rings. The minimum atomic E-state index is 0.198. The van der Waals surface area contributed by atoms with Gasteiger partial charge in [-0.05, 0) is 38.3 Å². The van der Waals surface area contributed by atoms with Crippen molar-refractivity contribution in [2.45, 2.75) is 48.5 Å². The number of amides is 1. The Morgan fingerprint density at radius 3 is 2.59 bits per heavy atom. The van der Waals surface area contributed by atoms with Crippen LogP contribution in [0, 0.1) is 6.92 Å². The van der Waals surface area contributed by atoms with Crippen LogP contribution in [0.2, 0.25) is 0 Å². The van der Waals surface area contributed by atoms with Crippen molar-refractivity contribution in [2.24, 2.45) is 0 Å². The van der Waals surface area contributed by atoms with Crippen LogP contribution in [0.4, 0.5) is 0 Å². The van der Waals surface area contributed by atoms with Gasteiger partial charge < -0.3 is 9.47 Å². The molecule has 1 saturated heterocycles. The number of piperidine rings is 1. The van der Waals surface area contributed by atoms with Gasteiger partial charge >= 0.3 is 0 Å². The number of rotatable bonds is 8. The van der Waals surface area contributed by atoms with Gasteiger partial charge in [-0.3, -0.25) is 4.79 Å². The lowest BCUT2D eigenvalue weighted by atomic mass is 10.1. The molecule has 0 aliphatic carbocycles. The Labute approximate surface area is 169 Å². The molecule has 1 fully saturated rings. The first-order valence-electron chi connectivity index (χ1n) is 9.30. The van der Waals surface area contributed by atoms with E-state index in [2.05, 4.69) is 52.5 Å². The smallest absolute Gasteiger partial charge is 0.233 e. The van der Waals surface area contributed by atoms with Crippen LogP contribution in [0.15, 0.2) is 47.0 Å². The first-order chi connectivity index (χ1) is 13.2. The maximum atomic E-state index is 12.4. The number of carbonyl (C=O) groups is 1. The highest BCUT2D eigenvalue weighted by Crippen LogP contribution is 2.25. The third kappa shape index (κ3) is 5.62. The molecule has 1 aromatic heterocycles. The Bertz CT molecular complexity index is 767. The van der Waals surface area contributed by atoms with E-state index in [1.165, 1.54) is 28.6 Å². The van der Waals surface area contributed by atoms with Gasteiger partial charge in [-0.25, -0.2) is 0 Å². The van der Waals surface area contributed by atoms with E-state index in [9.17, 15) is 4.79 Å². The molecule has 0 unspecified atom stereocenters. The fourth-order valence-corrected chi connectivity index (χ4v) is 4.70. The fraction of sp³-hybridized carbons (Fsp3) is 0.450. The number of thioether (sulfide) groups is 2. The average Bonchev–Trinajstić information content (AvgIpc) is 3.08. The monoisotopic (exact) mass is 402 g/mol. The van der Waals surface area contributed by atoms with Crippen molar-refractivity contribution in [3.05, 3.63) is 48.3 Å². The second kappa shape index (κ2) is 9.99. The zero-order chi connectivity index (χ0) is 19.1. The van der Waals surface area contributed by atoms with Crippen molar-refractivity contribution in [3.8, 4) is 0 Å². The van der Waals surface area contributed by atoms with E-state index < -0.39 is 0 Å². The number of hydrogen-bond acceptors (Lipinski definition) is 5. The quantitative estimate of drug-likeness (QED) is 0.490. The van der Waals surface area contributed by atoms with E-state index in [0.717, 1.165) is 42.7 Å². The Hall–Kier alpha value is -1.73. The lowest BCUT2D eigenvalue weighted by molar-refractivity contribution is -0.129. The van der Waals surface area contributed by atoms with Crippen LogP contribution in [0.5, 0.6) is 0 Å². The van der Waals surface area contributed by atoms with Gasteiger partial charge in [-0.15, -0.1) is 28.5 Å². The van der Waals surface area contributed by atoms with Crippen molar-refractivity contribution >= 4 is 29.4 Å². The Morgan fingerprint density at radius 2 is 1.89 bits per heavy atom. The predicted molar refractivity (Wildman–Crippen MR) is 112 cm³/mol. The topological polar surface area (TPSA) is 51.0 Å². The van der Waals surface area contributed by atoms with Crippen LogP contribution in [-0.2, 0) is 17.1 Å². The number of hydrogen-bond donors (Lipinski definition) is 0. The zero-order valence-electron chi connectivity index (χ0n) is 15.8. The summed E-state index contributed by atoms with van der Waals surface area (Å²) in [5.41, 5.74) is 1.26. The summed E-state index contributed by atoms with van der Waals surface area (Å²) in [4.78, 5) is 15.6. The van der Waals surface area contributed by atoms with Crippen molar-refractivity contribution in [2.75, 3.05) is 18.8 Å². The largest absolute Gasteiger partial charge is 0.342 e. The van der Waals surface area contributed by atoms with Crippen molar-refractivity contribution in [1.29, 1.82) is 0 Å². The molecular weight excluding hydrogens is 376 g/mol. The molecule has 2 aromatic rings. The number of carbonyl (C=O) groups excluding carboxylic acids is 1. The van der Waals surface area contributed by atoms with E-state index in [-0.39, 0.29) is 5.91 Å². The molecule has 1 amide bonds. The number of allylic oxidation sites excluding steroid dienone is 1. The summed E-state index contributed by atoms with van der Waals surface area (Å²) in [5.74, 6) is 2.27. The Morgan fingerprint density at radius 1 is 1.15 bits per heavy atom. The van der Waals surface area contributed by atoms with Gasteiger partial charge in [0.1, 0.15) is 5.82 Å². The van der Waals surface area contributed by atoms with E-state index in [4.69, 9.17) is 0 Å². The summed E-state index contributed by atoms with van der Waals surface area (Å²) in [5, 5.41) is 9.47. The van der Waals surface area contributed by atoms with E-state index in [1.807, 2.05) is 11.0 Å². The van der Waals surface area contributed by atoms with Gasteiger partial charge in [0.05, 0.1) is 11.5 Å². The molecule has 7 heteroatoms. The van der Waals surface area contributed by atoms with Crippen LogP contribution >= 0.6 is 23.5 Å². The molecule has 0 spiro atoms. The number of nitrogens with zero attached hydrogens (tertiary/aromatic N) is 4. The van der Waals surface area contributed by atoms with Crippen molar-refractivity contribution < 1.29 is 4.79 Å². The van der Waals surface area contributed by atoms with Gasteiger partial charge in [0.2, 0.25) is 5.91 Å². The maximum absolute atomic E-state index is 12.4. The third-order valence-electron chi connectivity index (χ3n) is 4.53. The molecule has 3 rings (SSSR count). The average molecular weight is 403 g/mol. The fourth-order valence-electron chi connectivity index (χ4n) is 2.99. The number of benzene rings is 1. The molecule has 0 radical (unpaired) electrons. The lowest BCUT2D eigenvalue weighted by Gasteiger charge is -2.26. The molecule has 2 heterocycles. The summed E-state index contributed by atoms with van der Waals surface area (Å²) in [6.45, 7) is 8.36. The van der Waals surface area contributed by atoms with Gasteiger partial charge in [0.25, 0.3) is 0 Å². The molecule has 0 saturated carbocycles. The van der Waals surface area contributed by atoms with Crippen molar-refractivity contribution in [3.63, 3.8) is 0 Å². The van der Waals surface area contributed by atoms with Gasteiger partial charge in [0, 0.05) is 24.5 Å². The van der Waals surface area contributed by atoms with Crippen molar-refractivity contribution in [1.82, 2.24) is 19.7 Å². The van der Waals surface area contributed by atoms with Gasteiger partial charge in [-0.2, -0.15) is 0 Å². The molecule has 1 aliphatic heterocycles. The first kappa shape index (κ1) is 20.0. The third-order valence-corrected chi connectivity index (χ3v) is 6.49. The summed E-state index contributed by atoms with van der Waals surface area (Å²) in [6, 6.07) is 8.48. The normalized spacial score (nSPS) is 14.3. The molecule has 144 valence electrons. The molecule has 27 heavy (non-hydrogen) atoms. The van der Waals surface area contributed by atoms with Crippen LogP contribution in [0.3, 0.4) is 0 Å². The van der Waals surface area contributed by atoms with E-state index in [1.54, 1.807) is 11.8 Å². The predicted octanol–water partition coefficient (Wildman–Crippen LogP) is 4.17. The van der Waals surface area contributed by atoms with E-state index >= 15 is 0 Å². The molecule has 0 N–H and O–H groups in total. The first-order valence-corrected chi connectivity index (χ1v) is 11.3. The molecular formula is C20H26N4OS2. The standard InChI is InChI=1S/C20H26N4OS2/c1-3-11-24-18(14-26-17-9-7-16(2)8-10-17)21-22-20(24)27-15-19(25)23-12-5-4-6-13-23/h3,7-10H,1,4-6,11-15H2,2H3. The number of likely N-dealkylation sites (tertiary alicyclic amines) is 1. The highest BCUT2D eigenvalue weighted by atomic mass is 32.2. The molecule has 1 aromatic carbocycles. The van der Waals surface area contributed by atoms with Crippen LogP contribution in [0.1, 0.15) is 30.7 Å². The van der Waals surface area contributed by atoms with Gasteiger partial charge in [-0.1, -0.05) is 35.5 Å². The lowest BCUT2D eigenvalue weighted by Crippen LogP contribution is -2.36. The number of aryl methyl sites for hydroxylation is 1. The highest BCUT2D eigenvalue weighted by molar-refractivity contribution is 7.99. The van der Waals surface area contributed by atoms with Gasteiger partial charge in [0.15, 0.2) is 5.16 Å². The van der Waals surface area contributed by atoms with Crippen LogP contribution < -0.4 is 0 Å². The Balaban J connectivity index is 1.60. The second-order valence-corrected chi connectivity index (χ2v) is 8.62. The Kier molecular flexibility index (Phi) is 7.41. The molecule has 0 bridgehead atoms. The minimum absolute atomic E-state index is 0.198. The number of aromatic nitrogens is 3. The minimum Gasteiger partial charge on any atom is -0.342 e.